The molecule has 23 heavy (non-hydrogen) atoms. The number of anilines is 1. The number of rotatable bonds is 3. The number of nitrogens with one attached hydrogen (secondary N) is 1. The van der Waals surface area contributed by atoms with Crippen molar-refractivity contribution in [2.75, 3.05) is 18.5 Å². The van der Waals surface area contributed by atoms with Crippen LogP contribution in [-0.2, 0) is 11.2 Å². The lowest BCUT2D eigenvalue weighted by atomic mass is 10.1. The molecule has 2 aromatic rings. The van der Waals surface area contributed by atoms with Crippen molar-refractivity contribution >= 4 is 23.2 Å². The highest BCUT2D eigenvalue weighted by Gasteiger charge is 2.18. The molecule has 1 aliphatic rings. The van der Waals surface area contributed by atoms with Crippen LogP contribution in [0, 0.1) is 12.7 Å². The zero-order chi connectivity index (χ0) is 16.4. The Morgan fingerprint density at radius 1 is 1.26 bits per heavy atom. The van der Waals surface area contributed by atoms with Gasteiger partial charge in [-0.3, -0.25) is 4.79 Å². The minimum absolute atomic E-state index is 0.132. The van der Waals surface area contributed by atoms with Gasteiger partial charge in [0, 0.05) is 5.69 Å². The number of ether oxygens (including phenoxy) is 2. The van der Waals surface area contributed by atoms with E-state index in [-0.39, 0.29) is 18.1 Å². The van der Waals surface area contributed by atoms with E-state index >= 15 is 0 Å². The summed E-state index contributed by atoms with van der Waals surface area (Å²) >= 11 is 6.16. The second-order valence-corrected chi connectivity index (χ2v) is 5.69. The third-order valence-electron chi connectivity index (χ3n) is 3.48. The van der Waals surface area contributed by atoms with Crippen molar-refractivity contribution in [1.29, 1.82) is 0 Å². The fourth-order valence-corrected chi connectivity index (χ4v) is 2.70. The van der Waals surface area contributed by atoms with Crippen LogP contribution < -0.4 is 14.8 Å². The van der Waals surface area contributed by atoms with Crippen molar-refractivity contribution in [3.63, 3.8) is 0 Å². The van der Waals surface area contributed by atoms with Gasteiger partial charge in [-0.05, 0) is 48.4 Å². The lowest BCUT2D eigenvalue weighted by Crippen LogP contribution is -2.17. The molecule has 0 radical (unpaired) electrons. The van der Waals surface area contributed by atoms with Crippen molar-refractivity contribution in [1.82, 2.24) is 0 Å². The van der Waals surface area contributed by atoms with Crippen molar-refractivity contribution in [2.24, 2.45) is 0 Å². The predicted octanol–water partition coefficient (Wildman–Crippen LogP) is 3.74. The van der Waals surface area contributed by atoms with Gasteiger partial charge >= 0.3 is 0 Å². The summed E-state index contributed by atoms with van der Waals surface area (Å²) in [6, 6.07) is 7.66. The first-order valence-corrected chi connectivity index (χ1v) is 7.55. The summed E-state index contributed by atoms with van der Waals surface area (Å²) in [5, 5.41) is 3.18. The van der Waals surface area contributed by atoms with Gasteiger partial charge in [-0.1, -0.05) is 11.6 Å². The number of carbonyl (C=O) groups is 1. The zero-order valence-corrected chi connectivity index (χ0v) is 13.2. The zero-order valence-electron chi connectivity index (χ0n) is 12.5. The number of hydrogen-bond donors (Lipinski definition) is 1. The number of carbonyl (C=O) groups excluding carboxylic acids is 1. The summed E-state index contributed by atoms with van der Waals surface area (Å²) in [4.78, 5) is 12.2. The highest BCUT2D eigenvalue weighted by molar-refractivity contribution is 6.32. The molecule has 0 saturated heterocycles. The summed E-state index contributed by atoms with van der Waals surface area (Å²) in [5.74, 6) is 0.507. The number of fused-ring (bicyclic) bond motifs is 1. The van der Waals surface area contributed by atoms with Gasteiger partial charge in [0.1, 0.15) is 19.0 Å². The maximum atomic E-state index is 13.1. The van der Waals surface area contributed by atoms with Crippen LogP contribution >= 0.6 is 11.6 Å². The van der Waals surface area contributed by atoms with Crippen LogP contribution in [0.2, 0.25) is 5.02 Å². The first-order valence-electron chi connectivity index (χ1n) is 7.17. The minimum Gasteiger partial charge on any atom is -0.486 e. The first kappa shape index (κ1) is 15.6. The van der Waals surface area contributed by atoms with E-state index in [1.54, 1.807) is 25.1 Å². The molecule has 0 atom stereocenters. The Kier molecular flexibility index (Phi) is 4.39. The van der Waals surface area contributed by atoms with Crippen LogP contribution in [0.15, 0.2) is 30.3 Å². The summed E-state index contributed by atoms with van der Waals surface area (Å²) in [6.45, 7) is 2.64. The van der Waals surface area contributed by atoms with Crippen LogP contribution in [0.3, 0.4) is 0 Å². The van der Waals surface area contributed by atoms with E-state index in [2.05, 4.69) is 5.32 Å². The Bertz CT molecular complexity index is 764. The molecule has 1 N–H and O–H groups in total. The largest absolute Gasteiger partial charge is 0.486 e. The van der Waals surface area contributed by atoms with Gasteiger partial charge in [-0.25, -0.2) is 4.39 Å². The van der Waals surface area contributed by atoms with E-state index in [0.717, 1.165) is 5.56 Å². The van der Waals surface area contributed by atoms with E-state index in [1.807, 2.05) is 0 Å². The average Bonchev–Trinajstić information content (AvgIpc) is 2.50. The number of halogens is 2. The van der Waals surface area contributed by atoms with Gasteiger partial charge in [0.15, 0.2) is 11.5 Å². The lowest BCUT2D eigenvalue weighted by molar-refractivity contribution is -0.115. The first-order chi connectivity index (χ1) is 11.0. The Balaban J connectivity index is 1.74. The molecule has 6 heteroatoms. The molecular formula is C17H15ClFNO3. The molecule has 0 aliphatic carbocycles. The van der Waals surface area contributed by atoms with Crippen molar-refractivity contribution in [3.05, 3.63) is 52.3 Å². The number of aryl methyl sites for hydroxylation is 1. The average molecular weight is 336 g/mol. The van der Waals surface area contributed by atoms with Crippen LogP contribution in [-0.4, -0.2) is 19.1 Å². The van der Waals surface area contributed by atoms with Gasteiger partial charge in [-0.15, -0.1) is 0 Å². The Hall–Kier alpha value is -2.27. The quantitative estimate of drug-likeness (QED) is 0.929. The van der Waals surface area contributed by atoms with E-state index in [1.165, 1.54) is 12.1 Å². The van der Waals surface area contributed by atoms with E-state index in [0.29, 0.717) is 41.0 Å². The molecule has 1 amide bonds. The number of amides is 1. The second kappa shape index (κ2) is 6.46. The highest BCUT2D eigenvalue weighted by atomic mass is 35.5. The maximum absolute atomic E-state index is 13.1. The molecule has 0 fully saturated rings. The highest BCUT2D eigenvalue weighted by Crippen LogP contribution is 2.38. The number of hydrogen-bond acceptors (Lipinski definition) is 3. The van der Waals surface area contributed by atoms with Gasteiger partial charge < -0.3 is 14.8 Å². The Labute approximate surface area is 138 Å². The Morgan fingerprint density at radius 3 is 2.83 bits per heavy atom. The topological polar surface area (TPSA) is 47.6 Å². The van der Waals surface area contributed by atoms with Crippen LogP contribution in [0.4, 0.5) is 10.1 Å². The van der Waals surface area contributed by atoms with Crippen molar-refractivity contribution in [2.45, 2.75) is 13.3 Å². The van der Waals surface area contributed by atoms with Crippen LogP contribution in [0.25, 0.3) is 0 Å². The van der Waals surface area contributed by atoms with Crippen LogP contribution in [0.1, 0.15) is 11.1 Å². The third kappa shape index (κ3) is 3.56. The molecular weight excluding hydrogens is 321 g/mol. The van der Waals surface area contributed by atoms with Gasteiger partial charge in [0.05, 0.1) is 11.4 Å². The molecule has 0 saturated carbocycles. The monoisotopic (exact) mass is 335 g/mol. The lowest BCUT2D eigenvalue weighted by Gasteiger charge is -2.20. The summed E-state index contributed by atoms with van der Waals surface area (Å²) in [5.41, 5.74) is 1.97. The molecule has 0 unspecified atom stereocenters. The molecule has 1 heterocycles. The molecule has 120 valence electrons. The normalized spacial score (nSPS) is 12.8. The molecule has 1 aliphatic heterocycles. The molecule has 3 rings (SSSR count). The van der Waals surface area contributed by atoms with E-state index in [4.69, 9.17) is 21.1 Å². The van der Waals surface area contributed by atoms with Crippen molar-refractivity contribution < 1.29 is 18.7 Å². The second-order valence-electron chi connectivity index (χ2n) is 5.29. The number of benzene rings is 2. The molecule has 2 aromatic carbocycles. The van der Waals surface area contributed by atoms with Gasteiger partial charge in [0.2, 0.25) is 5.91 Å². The molecule has 0 aromatic heterocycles. The summed E-state index contributed by atoms with van der Waals surface area (Å²) < 4.78 is 24.0. The van der Waals surface area contributed by atoms with E-state index in [9.17, 15) is 9.18 Å². The molecule has 0 spiro atoms. The summed E-state index contributed by atoms with van der Waals surface area (Å²) in [6.07, 6.45) is 0.132. The minimum atomic E-state index is -0.334. The fourth-order valence-electron chi connectivity index (χ4n) is 2.41. The SMILES string of the molecule is Cc1cc(F)ccc1NC(=O)Cc1cc(Cl)c2c(c1)OCCO2. The predicted molar refractivity (Wildman–Crippen MR) is 85.9 cm³/mol. The van der Waals surface area contributed by atoms with Crippen LogP contribution in [0.5, 0.6) is 11.5 Å². The standard InChI is InChI=1S/C17H15ClFNO3/c1-10-6-12(19)2-3-14(10)20-16(21)9-11-7-13(18)17-15(8-11)22-4-5-23-17/h2-3,6-8H,4-5,9H2,1H3,(H,20,21). The van der Waals surface area contributed by atoms with Gasteiger partial charge in [-0.2, -0.15) is 0 Å². The van der Waals surface area contributed by atoms with E-state index < -0.39 is 0 Å². The summed E-state index contributed by atoms with van der Waals surface area (Å²) in [7, 11) is 0. The fraction of sp³-hybridized carbons (Fsp3) is 0.235. The van der Waals surface area contributed by atoms with Gasteiger partial charge in [0.25, 0.3) is 0 Å². The smallest absolute Gasteiger partial charge is 0.228 e. The van der Waals surface area contributed by atoms with Crippen molar-refractivity contribution in [3.8, 4) is 11.5 Å². The molecule has 0 bridgehead atoms. The Morgan fingerprint density at radius 2 is 2.04 bits per heavy atom. The third-order valence-corrected chi connectivity index (χ3v) is 3.76. The maximum Gasteiger partial charge on any atom is 0.228 e. The molecule has 4 nitrogen and oxygen atoms in total.